The van der Waals surface area contributed by atoms with Crippen LogP contribution in [0.5, 0.6) is 0 Å². The number of aromatic nitrogens is 1. The zero-order valence-electron chi connectivity index (χ0n) is 30.5. The highest BCUT2D eigenvalue weighted by Crippen LogP contribution is 2.53. The fourth-order valence-corrected chi connectivity index (χ4v) is 9.39. The van der Waals surface area contributed by atoms with Crippen molar-refractivity contribution >= 4 is 71.2 Å². The Labute approximate surface area is 324 Å². The predicted molar refractivity (Wildman–Crippen MR) is 238 cm³/mol. The first-order chi connectivity index (χ1) is 27.8. The molecule has 1 aliphatic carbocycles. The molecule has 0 saturated carbocycles. The molecule has 0 atom stereocenters. The van der Waals surface area contributed by atoms with Crippen molar-refractivity contribution in [2.24, 2.45) is 0 Å². The van der Waals surface area contributed by atoms with E-state index in [-0.39, 0.29) is 0 Å². The summed E-state index contributed by atoms with van der Waals surface area (Å²) in [4.78, 5) is 2.47. The Kier molecular flexibility index (Phi) is 6.66. The first kappa shape index (κ1) is 31.0. The van der Waals surface area contributed by atoms with Gasteiger partial charge in [-0.05, 0) is 115 Å². The van der Waals surface area contributed by atoms with E-state index in [9.17, 15) is 0 Å². The normalized spacial score (nSPS) is 11.9. The van der Waals surface area contributed by atoms with Crippen LogP contribution in [0, 0.1) is 0 Å². The van der Waals surface area contributed by atoms with E-state index >= 15 is 0 Å². The van der Waals surface area contributed by atoms with Crippen LogP contribution in [-0.4, -0.2) is 4.57 Å². The van der Waals surface area contributed by atoms with E-state index in [2.05, 4.69) is 216 Å². The van der Waals surface area contributed by atoms with E-state index < -0.39 is 0 Å². The van der Waals surface area contributed by atoms with Crippen LogP contribution in [-0.2, 0) is 0 Å². The molecule has 0 amide bonds. The standard InChI is InChI=1S/C54H34N2/c1-2-14-36(15-3-1)43-19-8-10-23-50(43)55(41-27-29-45-48-22-12-18-39-31-38-17-6-7-20-44(38)54(53(39)48)49(45)33-41)42-28-30-47-46-21-9-11-24-51(46)56(52(47)34-42)40-26-25-35-13-4-5-16-37(35)32-40/h1-34H. The number of fused-ring (bicyclic) bond motifs is 9. The van der Waals surface area contributed by atoms with Gasteiger partial charge in [0.15, 0.2) is 0 Å². The Hall–Kier alpha value is -7.42. The summed E-state index contributed by atoms with van der Waals surface area (Å²) in [7, 11) is 0. The molecule has 0 N–H and O–H groups in total. The van der Waals surface area contributed by atoms with Crippen molar-refractivity contribution in [2.75, 3.05) is 4.90 Å². The Morgan fingerprint density at radius 3 is 1.93 bits per heavy atom. The van der Waals surface area contributed by atoms with Crippen LogP contribution in [0.25, 0.3) is 93.2 Å². The van der Waals surface area contributed by atoms with Crippen LogP contribution < -0.4 is 4.90 Å². The fourth-order valence-electron chi connectivity index (χ4n) is 9.39. The van der Waals surface area contributed by atoms with E-state index in [0.717, 1.165) is 22.7 Å². The van der Waals surface area contributed by atoms with Crippen molar-refractivity contribution in [3.8, 4) is 39.1 Å². The van der Waals surface area contributed by atoms with E-state index in [1.807, 2.05) is 0 Å². The Balaban J connectivity index is 1.14. The second kappa shape index (κ2) is 12.0. The lowest BCUT2D eigenvalue weighted by Crippen LogP contribution is -2.11. The van der Waals surface area contributed by atoms with E-state index in [4.69, 9.17) is 0 Å². The third-order valence-corrected chi connectivity index (χ3v) is 11.8. The minimum absolute atomic E-state index is 1.10. The number of para-hydroxylation sites is 2. The van der Waals surface area contributed by atoms with Gasteiger partial charge < -0.3 is 9.47 Å². The molecule has 0 radical (unpaired) electrons. The van der Waals surface area contributed by atoms with Gasteiger partial charge in [0.1, 0.15) is 0 Å². The molecule has 0 saturated heterocycles. The molecule has 2 heteroatoms. The third-order valence-electron chi connectivity index (χ3n) is 11.8. The van der Waals surface area contributed by atoms with Crippen LogP contribution in [0.1, 0.15) is 0 Å². The molecule has 0 unspecified atom stereocenters. The number of rotatable bonds is 5. The number of benzene rings is 10. The molecule has 0 spiro atoms. The predicted octanol–water partition coefficient (Wildman–Crippen LogP) is 15.0. The quantitative estimate of drug-likeness (QED) is 0.161. The van der Waals surface area contributed by atoms with Crippen molar-refractivity contribution in [3.63, 3.8) is 0 Å². The molecule has 11 aromatic rings. The Bertz CT molecular complexity index is 3370. The van der Waals surface area contributed by atoms with E-state index in [1.54, 1.807) is 0 Å². The van der Waals surface area contributed by atoms with Gasteiger partial charge in [-0.1, -0.05) is 152 Å². The summed E-state index contributed by atoms with van der Waals surface area (Å²) in [6.45, 7) is 0. The van der Waals surface area contributed by atoms with Gasteiger partial charge in [-0.15, -0.1) is 0 Å². The van der Waals surface area contributed by atoms with Crippen molar-refractivity contribution in [2.45, 2.75) is 0 Å². The lowest BCUT2D eigenvalue weighted by molar-refractivity contribution is 1.18. The molecular formula is C54H34N2. The zero-order valence-corrected chi connectivity index (χ0v) is 30.5. The van der Waals surface area contributed by atoms with Gasteiger partial charge in [0.05, 0.1) is 16.7 Å². The molecule has 1 aliphatic rings. The Morgan fingerprint density at radius 1 is 0.339 bits per heavy atom. The topological polar surface area (TPSA) is 8.17 Å². The van der Waals surface area contributed by atoms with Crippen LogP contribution in [0.15, 0.2) is 206 Å². The SMILES string of the molecule is c1ccc(-c2ccccc2N(c2ccc3c(c2)-c2c4ccccc4cc4cccc-3c24)c2ccc3c4ccccc4n(-c4ccc5ccccc5c4)c3c2)cc1. The molecule has 0 bridgehead atoms. The smallest absolute Gasteiger partial charge is 0.0561 e. The summed E-state index contributed by atoms with van der Waals surface area (Å²) in [5.41, 5.74) is 14.4. The van der Waals surface area contributed by atoms with Crippen molar-refractivity contribution in [1.82, 2.24) is 4.57 Å². The highest BCUT2D eigenvalue weighted by molar-refractivity contribution is 6.24. The van der Waals surface area contributed by atoms with Crippen LogP contribution >= 0.6 is 0 Å². The fraction of sp³-hybridized carbons (Fsp3) is 0. The second-order valence-corrected chi connectivity index (χ2v) is 14.9. The number of nitrogens with zero attached hydrogens (tertiary/aromatic N) is 2. The molecule has 260 valence electrons. The molecule has 2 nitrogen and oxygen atoms in total. The highest BCUT2D eigenvalue weighted by Gasteiger charge is 2.26. The van der Waals surface area contributed by atoms with Crippen molar-refractivity contribution < 1.29 is 0 Å². The van der Waals surface area contributed by atoms with Crippen molar-refractivity contribution in [3.05, 3.63) is 206 Å². The lowest BCUT2D eigenvalue weighted by atomic mass is 9.95. The summed E-state index contributed by atoms with van der Waals surface area (Å²) >= 11 is 0. The maximum Gasteiger partial charge on any atom is 0.0561 e. The summed E-state index contributed by atoms with van der Waals surface area (Å²) in [5.74, 6) is 0. The minimum atomic E-state index is 1.10. The molecule has 1 heterocycles. The molecule has 0 fully saturated rings. The lowest BCUT2D eigenvalue weighted by Gasteiger charge is -2.29. The summed E-state index contributed by atoms with van der Waals surface area (Å²) < 4.78 is 2.44. The first-order valence-electron chi connectivity index (χ1n) is 19.3. The van der Waals surface area contributed by atoms with Gasteiger partial charge in [-0.3, -0.25) is 0 Å². The number of anilines is 3. The third kappa shape index (κ3) is 4.57. The van der Waals surface area contributed by atoms with Crippen molar-refractivity contribution in [1.29, 1.82) is 0 Å². The Morgan fingerprint density at radius 2 is 1.02 bits per heavy atom. The van der Waals surface area contributed by atoms with Crippen LogP contribution in [0.3, 0.4) is 0 Å². The first-order valence-corrected chi connectivity index (χ1v) is 19.3. The summed E-state index contributed by atoms with van der Waals surface area (Å²) in [5, 5.41) is 10.1. The van der Waals surface area contributed by atoms with Crippen LogP contribution in [0.4, 0.5) is 17.1 Å². The molecule has 56 heavy (non-hydrogen) atoms. The minimum Gasteiger partial charge on any atom is -0.310 e. The average molecular weight is 711 g/mol. The molecule has 12 rings (SSSR count). The van der Waals surface area contributed by atoms with E-state index in [1.165, 1.54) is 87.5 Å². The maximum atomic E-state index is 2.47. The molecular weight excluding hydrogens is 677 g/mol. The zero-order chi connectivity index (χ0) is 36.7. The van der Waals surface area contributed by atoms with Gasteiger partial charge >= 0.3 is 0 Å². The second-order valence-electron chi connectivity index (χ2n) is 14.9. The molecule has 1 aromatic heterocycles. The average Bonchev–Trinajstić information content (AvgIpc) is 3.77. The number of hydrogen-bond donors (Lipinski definition) is 0. The highest BCUT2D eigenvalue weighted by atomic mass is 15.1. The largest absolute Gasteiger partial charge is 0.310 e. The van der Waals surface area contributed by atoms with Gasteiger partial charge in [0, 0.05) is 33.4 Å². The van der Waals surface area contributed by atoms with E-state index in [0.29, 0.717) is 0 Å². The summed E-state index contributed by atoms with van der Waals surface area (Å²) in [6.07, 6.45) is 0. The van der Waals surface area contributed by atoms with Gasteiger partial charge in [-0.25, -0.2) is 0 Å². The monoisotopic (exact) mass is 710 g/mol. The van der Waals surface area contributed by atoms with Gasteiger partial charge in [0.25, 0.3) is 0 Å². The van der Waals surface area contributed by atoms with Gasteiger partial charge in [0.2, 0.25) is 0 Å². The van der Waals surface area contributed by atoms with Gasteiger partial charge in [-0.2, -0.15) is 0 Å². The molecule has 0 aliphatic heterocycles. The maximum absolute atomic E-state index is 2.47. The molecule has 10 aromatic carbocycles. The number of hydrogen-bond acceptors (Lipinski definition) is 1. The summed E-state index contributed by atoms with van der Waals surface area (Å²) in [6, 6.07) is 75.9. The van der Waals surface area contributed by atoms with Crippen LogP contribution in [0.2, 0.25) is 0 Å².